The van der Waals surface area contributed by atoms with Gasteiger partial charge in [-0.15, -0.1) is 0 Å². The van der Waals surface area contributed by atoms with Crippen LogP contribution in [0.3, 0.4) is 0 Å². The highest BCUT2D eigenvalue weighted by atomic mass is 16.3. The highest BCUT2D eigenvalue weighted by Gasteiger charge is 2.23. The van der Waals surface area contributed by atoms with Gasteiger partial charge in [-0.2, -0.15) is 0 Å². The standard InChI is InChI=1S/C12H15NO/c14-12-6-1-8-7-10(4-5-11(8)12)13-9-2-3-9/h4-5,7,9,12-14H,1-3,6H2. The number of hydrogen-bond donors (Lipinski definition) is 2. The second kappa shape index (κ2) is 2.99. The van der Waals surface area contributed by atoms with Gasteiger partial charge in [-0.3, -0.25) is 0 Å². The molecule has 2 nitrogen and oxygen atoms in total. The van der Waals surface area contributed by atoms with Crippen molar-refractivity contribution in [3.05, 3.63) is 29.3 Å². The topological polar surface area (TPSA) is 32.3 Å². The summed E-state index contributed by atoms with van der Waals surface area (Å²) in [6.07, 6.45) is 4.30. The average Bonchev–Trinajstić information content (AvgIpc) is 2.92. The van der Waals surface area contributed by atoms with Crippen molar-refractivity contribution in [3.8, 4) is 0 Å². The Bertz CT molecular complexity index is 357. The van der Waals surface area contributed by atoms with Gasteiger partial charge in [0.15, 0.2) is 0 Å². The summed E-state index contributed by atoms with van der Waals surface area (Å²) >= 11 is 0. The van der Waals surface area contributed by atoms with Gasteiger partial charge < -0.3 is 10.4 Å². The third-order valence-electron chi connectivity index (χ3n) is 3.14. The van der Waals surface area contributed by atoms with Crippen molar-refractivity contribution in [2.75, 3.05) is 5.32 Å². The van der Waals surface area contributed by atoms with E-state index in [0.717, 1.165) is 18.4 Å². The maximum absolute atomic E-state index is 9.65. The van der Waals surface area contributed by atoms with Crippen LogP contribution in [-0.2, 0) is 6.42 Å². The van der Waals surface area contributed by atoms with Crippen molar-refractivity contribution in [3.63, 3.8) is 0 Å². The Balaban J connectivity index is 1.87. The van der Waals surface area contributed by atoms with E-state index in [-0.39, 0.29) is 6.10 Å². The largest absolute Gasteiger partial charge is 0.388 e. The van der Waals surface area contributed by atoms with E-state index in [2.05, 4.69) is 23.5 Å². The van der Waals surface area contributed by atoms with E-state index in [9.17, 15) is 5.11 Å². The third-order valence-corrected chi connectivity index (χ3v) is 3.14. The molecule has 2 aliphatic carbocycles. The molecule has 0 bridgehead atoms. The number of aliphatic hydroxyl groups excluding tert-OH is 1. The van der Waals surface area contributed by atoms with Crippen molar-refractivity contribution in [2.45, 2.75) is 37.8 Å². The number of hydrogen-bond acceptors (Lipinski definition) is 2. The maximum atomic E-state index is 9.65. The molecule has 1 unspecified atom stereocenters. The quantitative estimate of drug-likeness (QED) is 0.747. The molecular weight excluding hydrogens is 174 g/mol. The Kier molecular flexibility index (Phi) is 1.77. The van der Waals surface area contributed by atoms with Gasteiger partial charge in [0.25, 0.3) is 0 Å². The van der Waals surface area contributed by atoms with Crippen molar-refractivity contribution >= 4 is 5.69 Å². The molecule has 0 aliphatic heterocycles. The highest BCUT2D eigenvalue weighted by molar-refractivity contribution is 5.51. The number of rotatable bonds is 2. The molecule has 3 rings (SSSR count). The Morgan fingerprint density at radius 2 is 2.07 bits per heavy atom. The zero-order chi connectivity index (χ0) is 9.54. The smallest absolute Gasteiger partial charge is 0.0795 e. The predicted molar refractivity (Wildman–Crippen MR) is 56.4 cm³/mol. The van der Waals surface area contributed by atoms with E-state index in [1.165, 1.54) is 24.1 Å². The van der Waals surface area contributed by atoms with Gasteiger partial charge in [0.05, 0.1) is 6.10 Å². The normalized spacial score (nSPS) is 24.8. The molecule has 2 heteroatoms. The number of nitrogens with one attached hydrogen (secondary N) is 1. The van der Waals surface area contributed by atoms with Crippen LogP contribution in [0.25, 0.3) is 0 Å². The number of anilines is 1. The van der Waals surface area contributed by atoms with E-state index in [1.54, 1.807) is 0 Å². The molecule has 0 amide bonds. The Hall–Kier alpha value is -1.02. The van der Waals surface area contributed by atoms with Gasteiger partial charge in [0.1, 0.15) is 0 Å². The second-order valence-electron chi connectivity index (χ2n) is 4.39. The summed E-state index contributed by atoms with van der Waals surface area (Å²) in [7, 11) is 0. The summed E-state index contributed by atoms with van der Waals surface area (Å²) in [5.74, 6) is 0. The molecule has 1 fully saturated rings. The third kappa shape index (κ3) is 1.40. The molecule has 1 aromatic carbocycles. The molecule has 14 heavy (non-hydrogen) atoms. The monoisotopic (exact) mass is 189 g/mol. The predicted octanol–water partition coefficient (Wildman–Crippen LogP) is 2.24. The summed E-state index contributed by atoms with van der Waals surface area (Å²) in [6.45, 7) is 0. The fourth-order valence-corrected chi connectivity index (χ4v) is 2.15. The first-order chi connectivity index (χ1) is 6.83. The maximum Gasteiger partial charge on any atom is 0.0795 e. The van der Waals surface area contributed by atoms with Gasteiger partial charge in [-0.1, -0.05) is 6.07 Å². The summed E-state index contributed by atoms with van der Waals surface area (Å²) < 4.78 is 0. The minimum atomic E-state index is -0.222. The number of aryl methyl sites for hydroxylation is 1. The van der Waals surface area contributed by atoms with Gasteiger partial charge in [0.2, 0.25) is 0 Å². The minimum Gasteiger partial charge on any atom is -0.388 e. The first-order valence-electron chi connectivity index (χ1n) is 5.40. The van der Waals surface area contributed by atoms with Gasteiger partial charge in [0, 0.05) is 11.7 Å². The van der Waals surface area contributed by atoms with E-state index >= 15 is 0 Å². The molecule has 0 radical (unpaired) electrons. The lowest BCUT2D eigenvalue weighted by Crippen LogP contribution is -2.01. The van der Waals surface area contributed by atoms with Crippen LogP contribution in [0.4, 0.5) is 5.69 Å². The van der Waals surface area contributed by atoms with Crippen LogP contribution in [0.5, 0.6) is 0 Å². The fourth-order valence-electron chi connectivity index (χ4n) is 2.15. The Labute approximate surface area is 84.0 Å². The van der Waals surface area contributed by atoms with Crippen molar-refractivity contribution < 1.29 is 5.11 Å². The first-order valence-corrected chi connectivity index (χ1v) is 5.40. The molecule has 2 N–H and O–H groups in total. The van der Waals surface area contributed by atoms with Crippen molar-refractivity contribution in [1.82, 2.24) is 0 Å². The second-order valence-corrected chi connectivity index (χ2v) is 4.39. The van der Waals surface area contributed by atoms with Crippen LogP contribution < -0.4 is 5.32 Å². The fraction of sp³-hybridized carbons (Fsp3) is 0.500. The van der Waals surface area contributed by atoms with Crippen LogP contribution in [-0.4, -0.2) is 11.1 Å². The van der Waals surface area contributed by atoms with Crippen LogP contribution >= 0.6 is 0 Å². The molecule has 1 atom stereocenters. The molecule has 0 spiro atoms. The lowest BCUT2D eigenvalue weighted by molar-refractivity contribution is 0.180. The van der Waals surface area contributed by atoms with Gasteiger partial charge in [-0.05, 0) is 48.9 Å². The SMILES string of the molecule is OC1CCc2cc(NC3CC3)ccc21. The number of benzene rings is 1. The molecule has 2 aliphatic rings. The lowest BCUT2D eigenvalue weighted by Gasteiger charge is -2.08. The van der Waals surface area contributed by atoms with Crippen LogP contribution in [0.15, 0.2) is 18.2 Å². The zero-order valence-electron chi connectivity index (χ0n) is 8.16. The molecule has 0 aromatic heterocycles. The van der Waals surface area contributed by atoms with Crippen LogP contribution in [0, 0.1) is 0 Å². The minimum absolute atomic E-state index is 0.222. The van der Waals surface area contributed by atoms with Crippen LogP contribution in [0.1, 0.15) is 36.5 Å². The summed E-state index contributed by atoms with van der Waals surface area (Å²) in [5, 5.41) is 13.1. The number of fused-ring (bicyclic) bond motifs is 1. The molecule has 0 saturated heterocycles. The van der Waals surface area contributed by atoms with Gasteiger partial charge >= 0.3 is 0 Å². The Morgan fingerprint density at radius 1 is 1.21 bits per heavy atom. The molecule has 1 saturated carbocycles. The summed E-state index contributed by atoms with van der Waals surface area (Å²) in [4.78, 5) is 0. The van der Waals surface area contributed by atoms with Crippen molar-refractivity contribution in [2.24, 2.45) is 0 Å². The molecule has 1 aromatic rings. The zero-order valence-corrected chi connectivity index (χ0v) is 8.16. The lowest BCUT2D eigenvalue weighted by atomic mass is 10.1. The van der Waals surface area contributed by atoms with E-state index in [0.29, 0.717) is 6.04 Å². The molecular formula is C12H15NO. The summed E-state index contributed by atoms with van der Waals surface area (Å²) in [5.41, 5.74) is 3.68. The van der Waals surface area contributed by atoms with Crippen LogP contribution in [0.2, 0.25) is 0 Å². The van der Waals surface area contributed by atoms with E-state index in [1.807, 2.05) is 0 Å². The highest BCUT2D eigenvalue weighted by Crippen LogP contribution is 2.33. The number of aliphatic hydroxyl groups is 1. The average molecular weight is 189 g/mol. The molecule has 74 valence electrons. The van der Waals surface area contributed by atoms with E-state index in [4.69, 9.17) is 0 Å². The van der Waals surface area contributed by atoms with E-state index < -0.39 is 0 Å². The first kappa shape index (κ1) is 8.30. The molecule has 0 heterocycles. The van der Waals surface area contributed by atoms with Gasteiger partial charge in [-0.25, -0.2) is 0 Å². The Morgan fingerprint density at radius 3 is 2.86 bits per heavy atom. The summed E-state index contributed by atoms with van der Waals surface area (Å²) in [6, 6.07) is 7.06. The van der Waals surface area contributed by atoms with Crippen molar-refractivity contribution in [1.29, 1.82) is 0 Å².